The SMILES string of the molecule is COC(=O)C1=C(C)NC(C)=C(C(=O)OCCCCCCOc2cc(Cc3ccccc3)[nH]n2)C1c1cccc([N+](=O)[O-])c1. The van der Waals surface area contributed by atoms with E-state index in [2.05, 4.69) is 27.6 Å². The first-order chi connectivity index (χ1) is 20.8. The molecule has 11 nitrogen and oxygen atoms in total. The van der Waals surface area contributed by atoms with E-state index in [0.717, 1.165) is 31.4 Å². The normalized spacial score (nSPS) is 14.7. The van der Waals surface area contributed by atoms with E-state index >= 15 is 0 Å². The molecule has 1 aromatic heterocycles. The maximum atomic E-state index is 13.3. The first-order valence-corrected chi connectivity index (χ1v) is 14.2. The molecule has 3 aromatic rings. The fourth-order valence-electron chi connectivity index (χ4n) is 5.09. The molecule has 43 heavy (non-hydrogen) atoms. The van der Waals surface area contributed by atoms with Crippen molar-refractivity contribution in [1.82, 2.24) is 15.5 Å². The number of nitrogens with one attached hydrogen (secondary N) is 2. The van der Waals surface area contributed by atoms with E-state index in [0.29, 0.717) is 35.9 Å². The van der Waals surface area contributed by atoms with Crippen molar-refractivity contribution in [3.63, 3.8) is 0 Å². The van der Waals surface area contributed by atoms with Crippen molar-refractivity contribution in [3.8, 4) is 5.88 Å². The molecule has 0 spiro atoms. The topological polar surface area (TPSA) is 146 Å². The van der Waals surface area contributed by atoms with Crippen LogP contribution in [0, 0.1) is 10.1 Å². The van der Waals surface area contributed by atoms with Crippen molar-refractivity contribution in [2.24, 2.45) is 0 Å². The van der Waals surface area contributed by atoms with Crippen LogP contribution < -0.4 is 10.1 Å². The van der Waals surface area contributed by atoms with Crippen molar-refractivity contribution in [2.45, 2.75) is 51.9 Å². The molecule has 2 aromatic carbocycles. The molecule has 0 saturated heterocycles. The van der Waals surface area contributed by atoms with Gasteiger partial charge in [0.15, 0.2) is 0 Å². The van der Waals surface area contributed by atoms with Crippen LogP contribution in [0.15, 0.2) is 83.2 Å². The number of hydrogen-bond donors (Lipinski definition) is 2. The summed E-state index contributed by atoms with van der Waals surface area (Å²) in [6.45, 7) is 4.13. The number of H-pyrrole nitrogens is 1. The van der Waals surface area contributed by atoms with E-state index in [1.54, 1.807) is 19.9 Å². The number of aromatic amines is 1. The van der Waals surface area contributed by atoms with Gasteiger partial charge in [-0.05, 0) is 50.7 Å². The number of allylic oxidation sites excluding steroid dienone is 2. The molecule has 0 radical (unpaired) electrons. The highest BCUT2D eigenvalue weighted by Crippen LogP contribution is 2.40. The Hall–Kier alpha value is -4.93. The van der Waals surface area contributed by atoms with E-state index in [9.17, 15) is 19.7 Å². The van der Waals surface area contributed by atoms with Gasteiger partial charge in [0.1, 0.15) is 0 Å². The van der Waals surface area contributed by atoms with Crippen molar-refractivity contribution >= 4 is 17.6 Å². The lowest BCUT2D eigenvalue weighted by atomic mass is 9.80. The van der Waals surface area contributed by atoms with Gasteiger partial charge in [0.25, 0.3) is 5.69 Å². The largest absolute Gasteiger partial charge is 0.477 e. The molecule has 1 aliphatic rings. The second-order valence-corrected chi connectivity index (χ2v) is 10.3. The fourth-order valence-corrected chi connectivity index (χ4v) is 5.09. The number of non-ortho nitro benzene ring substituents is 1. The number of carbonyl (C=O) groups is 2. The first-order valence-electron chi connectivity index (χ1n) is 14.2. The van der Waals surface area contributed by atoms with Crippen LogP contribution in [0.2, 0.25) is 0 Å². The Labute approximate surface area is 250 Å². The summed E-state index contributed by atoms with van der Waals surface area (Å²) in [6, 6.07) is 17.9. The minimum absolute atomic E-state index is 0.146. The lowest BCUT2D eigenvalue weighted by Gasteiger charge is -2.30. The van der Waals surface area contributed by atoms with E-state index in [-0.39, 0.29) is 23.4 Å². The lowest BCUT2D eigenvalue weighted by Crippen LogP contribution is -2.32. The van der Waals surface area contributed by atoms with Gasteiger partial charge in [0, 0.05) is 41.7 Å². The summed E-state index contributed by atoms with van der Waals surface area (Å²) in [5.74, 6) is -1.54. The zero-order valence-corrected chi connectivity index (χ0v) is 24.6. The number of nitro groups is 1. The Morgan fingerprint density at radius 2 is 1.60 bits per heavy atom. The van der Waals surface area contributed by atoms with Crippen LogP contribution in [0.3, 0.4) is 0 Å². The number of nitro benzene ring substituents is 1. The van der Waals surface area contributed by atoms with Gasteiger partial charge >= 0.3 is 11.9 Å². The first kappa shape index (κ1) is 31.0. The summed E-state index contributed by atoms with van der Waals surface area (Å²) in [6.07, 6.45) is 3.94. The van der Waals surface area contributed by atoms with Crippen LogP contribution in [-0.2, 0) is 25.5 Å². The second-order valence-electron chi connectivity index (χ2n) is 10.3. The molecule has 1 atom stereocenters. The number of nitrogens with zero attached hydrogens (tertiary/aromatic N) is 2. The lowest BCUT2D eigenvalue weighted by molar-refractivity contribution is -0.384. The molecular weight excluding hydrogens is 552 g/mol. The Balaban J connectivity index is 1.27. The fraction of sp³-hybridized carbons (Fsp3) is 0.344. The minimum Gasteiger partial charge on any atom is -0.477 e. The van der Waals surface area contributed by atoms with Crippen LogP contribution >= 0.6 is 0 Å². The van der Waals surface area contributed by atoms with Gasteiger partial charge in [0.05, 0.1) is 42.3 Å². The number of methoxy groups -OCH3 is 1. The number of benzene rings is 2. The predicted octanol–water partition coefficient (Wildman–Crippen LogP) is 5.50. The molecule has 0 fully saturated rings. The van der Waals surface area contributed by atoms with Crippen LogP contribution in [0.4, 0.5) is 5.69 Å². The monoisotopic (exact) mass is 588 g/mol. The van der Waals surface area contributed by atoms with E-state index < -0.39 is 22.8 Å². The number of hydrogen-bond acceptors (Lipinski definition) is 9. The highest BCUT2D eigenvalue weighted by molar-refractivity contribution is 5.99. The summed E-state index contributed by atoms with van der Waals surface area (Å²) in [4.78, 5) is 37.0. The maximum absolute atomic E-state index is 13.3. The van der Waals surface area contributed by atoms with Gasteiger partial charge in [-0.25, -0.2) is 9.59 Å². The Morgan fingerprint density at radius 3 is 2.30 bits per heavy atom. The highest BCUT2D eigenvalue weighted by Gasteiger charge is 2.38. The number of dihydropyridines is 1. The van der Waals surface area contributed by atoms with Gasteiger partial charge < -0.3 is 19.5 Å². The molecule has 1 unspecified atom stereocenters. The van der Waals surface area contributed by atoms with Gasteiger partial charge in [-0.3, -0.25) is 15.2 Å². The third-order valence-corrected chi connectivity index (χ3v) is 7.17. The van der Waals surface area contributed by atoms with Crippen molar-refractivity contribution in [1.29, 1.82) is 0 Å². The molecule has 11 heteroatoms. The Kier molecular flexibility index (Phi) is 10.7. The number of ether oxygens (including phenoxy) is 3. The highest BCUT2D eigenvalue weighted by atomic mass is 16.6. The summed E-state index contributed by atoms with van der Waals surface area (Å²) in [5, 5.41) is 21.7. The van der Waals surface area contributed by atoms with Crippen molar-refractivity contribution < 1.29 is 28.7 Å². The maximum Gasteiger partial charge on any atom is 0.336 e. The van der Waals surface area contributed by atoms with E-state index in [4.69, 9.17) is 14.2 Å². The van der Waals surface area contributed by atoms with Gasteiger partial charge in [-0.2, -0.15) is 0 Å². The third kappa shape index (κ3) is 8.09. The number of aromatic nitrogens is 2. The quantitative estimate of drug-likeness (QED) is 0.108. The van der Waals surface area contributed by atoms with Crippen molar-refractivity contribution in [2.75, 3.05) is 20.3 Å². The van der Waals surface area contributed by atoms with E-state index in [1.165, 1.54) is 30.9 Å². The van der Waals surface area contributed by atoms with Crippen LogP contribution in [0.1, 0.15) is 62.3 Å². The number of unbranched alkanes of at least 4 members (excludes halogenated alkanes) is 3. The molecule has 0 aliphatic carbocycles. The van der Waals surface area contributed by atoms with Crippen molar-refractivity contribution in [3.05, 3.63) is 110 Å². The molecule has 0 bridgehead atoms. The molecular formula is C32H36N4O7. The minimum atomic E-state index is -0.881. The Bertz CT molecular complexity index is 1510. The summed E-state index contributed by atoms with van der Waals surface area (Å²) < 4.78 is 16.4. The molecule has 4 rings (SSSR count). The van der Waals surface area contributed by atoms with Crippen LogP contribution in [-0.4, -0.2) is 47.4 Å². The zero-order valence-electron chi connectivity index (χ0n) is 24.6. The smallest absolute Gasteiger partial charge is 0.336 e. The van der Waals surface area contributed by atoms with Gasteiger partial charge in [0.2, 0.25) is 5.88 Å². The zero-order chi connectivity index (χ0) is 30.8. The van der Waals surface area contributed by atoms with Gasteiger partial charge in [-0.15, -0.1) is 5.10 Å². The summed E-state index contributed by atoms with van der Waals surface area (Å²) in [7, 11) is 1.25. The number of carbonyl (C=O) groups excluding carboxylic acids is 2. The number of esters is 2. The molecule has 0 amide bonds. The molecule has 0 saturated carbocycles. The predicted molar refractivity (Wildman–Crippen MR) is 159 cm³/mol. The standard InChI is InChI=1S/C32H36N4O7/c1-21-28(31(37)41-3)30(24-14-11-15-26(19-24)36(39)40)29(22(2)33-21)32(38)43-17-10-5-4-9-16-42-27-20-25(34-35-27)18-23-12-7-6-8-13-23/h6-8,11-15,19-20,30,33H,4-5,9-10,16-18H2,1-3H3,(H,34,35). The molecule has 2 N–H and O–H groups in total. The number of rotatable bonds is 14. The third-order valence-electron chi connectivity index (χ3n) is 7.17. The summed E-state index contributed by atoms with van der Waals surface area (Å²) in [5.41, 5.74) is 3.88. The molecule has 1 aliphatic heterocycles. The average Bonchev–Trinajstić information content (AvgIpc) is 3.45. The second kappa shape index (κ2) is 14.8. The van der Waals surface area contributed by atoms with E-state index in [1.807, 2.05) is 24.3 Å². The average molecular weight is 589 g/mol. The molecule has 2 heterocycles. The Morgan fingerprint density at radius 1 is 0.907 bits per heavy atom. The summed E-state index contributed by atoms with van der Waals surface area (Å²) >= 11 is 0. The van der Waals surface area contributed by atoms with Crippen LogP contribution in [0.25, 0.3) is 0 Å². The van der Waals surface area contributed by atoms with Gasteiger partial charge in [-0.1, -0.05) is 42.5 Å². The van der Waals surface area contributed by atoms with Crippen LogP contribution in [0.5, 0.6) is 5.88 Å². The molecule has 226 valence electrons.